The number of fused-ring (bicyclic) bond motifs is 7. The smallest absolute Gasteiger partial charge is 0.242 e. The first-order valence-corrected chi connectivity index (χ1v) is 14.6. The highest BCUT2D eigenvalue weighted by Crippen LogP contribution is 2.64. The van der Waals surface area contributed by atoms with Crippen LogP contribution in [-0.2, 0) is 15.9 Å². The first-order valence-electron chi connectivity index (χ1n) is 11.2. The minimum Gasteiger partial charge on any atom is -0.544 e. The summed E-state index contributed by atoms with van der Waals surface area (Å²) in [5, 5.41) is 0. The summed E-state index contributed by atoms with van der Waals surface area (Å²) in [6.45, 7) is 13.4. The van der Waals surface area contributed by atoms with E-state index in [1.165, 1.54) is 37.7 Å². The van der Waals surface area contributed by atoms with Crippen molar-refractivity contribution in [2.75, 3.05) is 0 Å². The molecule has 6 atom stereocenters. The van der Waals surface area contributed by atoms with Gasteiger partial charge in [-0.2, -0.15) is 0 Å². The van der Waals surface area contributed by atoms with Gasteiger partial charge in [0.1, 0.15) is 5.75 Å². The molecular weight excluding hydrogens is 364 g/mol. The van der Waals surface area contributed by atoms with E-state index in [0.717, 1.165) is 17.6 Å². The van der Waals surface area contributed by atoms with Gasteiger partial charge in [0, 0.05) is 0 Å². The molecule has 1 aromatic carbocycles. The van der Waals surface area contributed by atoms with Gasteiger partial charge in [0.25, 0.3) is 0 Å². The van der Waals surface area contributed by atoms with Crippen molar-refractivity contribution < 1.29 is 13.9 Å². The molecule has 1 heterocycles. The number of aryl methyl sites for hydroxylation is 1. The normalized spacial score (nSPS) is 41.0. The second-order valence-electron chi connectivity index (χ2n) is 11.4. The Labute approximate surface area is 171 Å². The zero-order chi connectivity index (χ0) is 19.9. The Kier molecular flexibility index (Phi) is 4.16. The van der Waals surface area contributed by atoms with Gasteiger partial charge in [-0.15, -0.1) is 0 Å². The summed E-state index contributed by atoms with van der Waals surface area (Å²) in [4.78, 5) is 0. The van der Waals surface area contributed by atoms with Gasteiger partial charge in [-0.1, -0.05) is 13.0 Å². The molecule has 1 aliphatic heterocycles. The lowest BCUT2D eigenvalue weighted by Gasteiger charge is -2.50. The third-order valence-electron chi connectivity index (χ3n) is 7.88. The Hall–Kier alpha value is -0.843. The largest absolute Gasteiger partial charge is 0.544 e. The van der Waals surface area contributed by atoms with Crippen LogP contribution in [0.2, 0.25) is 19.6 Å². The van der Waals surface area contributed by atoms with Gasteiger partial charge in [0.15, 0.2) is 5.79 Å². The molecule has 0 spiro atoms. The van der Waals surface area contributed by atoms with E-state index < -0.39 is 14.1 Å². The summed E-state index contributed by atoms with van der Waals surface area (Å²) in [6, 6.07) is 6.96. The van der Waals surface area contributed by atoms with Crippen molar-refractivity contribution in [1.29, 1.82) is 0 Å². The van der Waals surface area contributed by atoms with Crippen molar-refractivity contribution in [2.24, 2.45) is 17.3 Å². The fourth-order valence-corrected chi connectivity index (χ4v) is 7.77. The summed E-state index contributed by atoms with van der Waals surface area (Å²) in [5.74, 6) is 2.87. The quantitative estimate of drug-likeness (QED) is 0.580. The molecule has 0 bridgehead atoms. The highest BCUT2D eigenvalue weighted by Gasteiger charge is 2.63. The van der Waals surface area contributed by atoms with Crippen LogP contribution in [0.4, 0.5) is 0 Å². The molecule has 0 N–H and O–H groups in total. The van der Waals surface area contributed by atoms with Gasteiger partial charge in [0.2, 0.25) is 8.32 Å². The van der Waals surface area contributed by atoms with Crippen LogP contribution in [0.1, 0.15) is 63.5 Å². The van der Waals surface area contributed by atoms with Gasteiger partial charge in [-0.3, -0.25) is 0 Å². The fraction of sp³-hybridized carbons (Fsp3) is 0.750. The molecule has 28 heavy (non-hydrogen) atoms. The molecule has 4 aliphatic rings. The first kappa shape index (κ1) is 19.1. The lowest BCUT2D eigenvalue weighted by molar-refractivity contribution is -0.178. The van der Waals surface area contributed by atoms with Crippen LogP contribution < -0.4 is 4.43 Å². The van der Waals surface area contributed by atoms with E-state index in [2.05, 4.69) is 58.6 Å². The maximum Gasteiger partial charge on any atom is 0.242 e. The van der Waals surface area contributed by atoms with Crippen LogP contribution in [0, 0.1) is 17.3 Å². The van der Waals surface area contributed by atoms with Crippen molar-refractivity contribution in [1.82, 2.24) is 0 Å². The predicted molar refractivity (Wildman–Crippen MR) is 114 cm³/mol. The van der Waals surface area contributed by atoms with Crippen LogP contribution in [0.3, 0.4) is 0 Å². The van der Waals surface area contributed by atoms with E-state index in [9.17, 15) is 0 Å². The average molecular weight is 401 g/mol. The Morgan fingerprint density at radius 3 is 2.61 bits per heavy atom. The first-order chi connectivity index (χ1) is 13.1. The van der Waals surface area contributed by atoms with E-state index in [-0.39, 0.29) is 17.6 Å². The van der Waals surface area contributed by atoms with Gasteiger partial charge in [0.05, 0.1) is 12.2 Å². The summed E-state index contributed by atoms with van der Waals surface area (Å²) >= 11 is 0. The van der Waals surface area contributed by atoms with Crippen molar-refractivity contribution in [3.05, 3.63) is 29.3 Å². The van der Waals surface area contributed by atoms with Gasteiger partial charge < -0.3 is 13.9 Å². The van der Waals surface area contributed by atoms with Gasteiger partial charge >= 0.3 is 0 Å². The predicted octanol–water partition coefficient (Wildman–Crippen LogP) is 5.89. The third-order valence-corrected chi connectivity index (χ3v) is 8.73. The van der Waals surface area contributed by atoms with Crippen LogP contribution >= 0.6 is 0 Å². The van der Waals surface area contributed by atoms with E-state index in [4.69, 9.17) is 13.9 Å². The minimum atomic E-state index is -1.56. The zero-order valence-corrected chi connectivity index (χ0v) is 19.4. The second-order valence-corrected chi connectivity index (χ2v) is 15.8. The summed E-state index contributed by atoms with van der Waals surface area (Å²) in [7, 11) is -1.56. The van der Waals surface area contributed by atoms with Crippen LogP contribution in [0.25, 0.3) is 0 Å². The molecule has 0 aromatic heterocycles. The zero-order valence-electron chi connectivity index (χ0n) is 18.4. The summed E-state index contributed by atoms with van der Waals surface area (Å²) in [6.07, 6.45) is 6.78. The number of rotatable bonds is 2. The summed E-state index contributed by atoms with van der Waals surface area (Å²) < 4.78 is 19.0. The third kappa shape index (κ3) is 2.98. The molecule has 0 radical (unpaired) electrons. The fourth-order valence-electron chi connectivity index (χ4n) is 6.94. The second kappa shape index (κ2) is 6.09. The van der Waals surface area contributed by atoms with E-state index >= 15 is 0 Å². The SMILES string of the molecule is CC1(C)O[C@H]2C[C@H]3[C@@H]4CCc5cc(O[Si](C)(C)C)ccc5[C@H]4CC[C@]3(C)[C@H]2O1. The maximum atomic E-state index is 6.42. The van der Waals surface area contributed by atoms with Crippen LogP contribution in [0.15, 0.2) is 18.2 Å². The van der Waals surface area contributed by atoms with Gasteiger partial charge in [-0.25, -0.2) is 0 Å². The Morgan fingerprint density at radius 1 is 1.07 bits per heavy atom. The van der Waals surface area contributed by atoms with E-state index in [1.54, 1.807) is 5.56 Å². The van der Waals surface area contributed by atoms with Crippen molar-refractivity contribution in [3.63, 3.8) is 0 Å². The Bertz CT molecular complexity index is 783. The summed E-state index contributed by atoms with van der Waals surface area (Å²) in [5.41, 5.74) is 3.41. The molecule has 3 nitrogen and oxygen atoms in total. The van der Waals surface area contributed by atoms with Gasteiger partial charge in [-0.05, 0) is 112 Å². The van der Waals surface area contributed by atoms with E-state index in [1.807, 2.05) is 0 Å². The maximum absolute atomic E-state index is 6.42. The van der Waals surface area contributed by atoms with Crippen LogP contribution in [0.5, 0.6) is 5.75 Å². The van der Waals surface area contributed by atoms with Crippen molar-refractivity contribution >= 4 is 8.32 Å². The minimum absolute atomic E-state index is 0.276. The highest BCUT2D eigenvalue weighted by molar-refractivity contribution is 6.70. The molecule has 0 amide bonds. The molecule has 1 aromatic rings. The number of hydrogen-bond donors (Lipinski definition) is 0. The number of ether oxygens (including phenoxy) is 2. The molecule has 4 heteroatoms. The molecule has 3 fully saturated rings. The van der Waals surface area contributed by atoms with Crippen LogP contribution in [-0.4, -0.2) is 26.3 Å². The molecule has 0 unspecified atom stereocenters. The number of hydrogen-bond acceptors (Lipinski definition) is 3. The Balaban J connectivity index is 1.40. The molecular formula is C24H36O3Si. The molecule has 154 valence electrons. The lowest BCUT2D eigenvalue weighted by atomic mass is 9.55. The Morgan fingerprint density at radius 2 is 1.86 bits per heavy atom. The molecule has 2 saturated carbocycles. The van der Waals surface area contributed by atoms with E-state index in [0.29, 0.717) is 5.92 Å². The number of benzene rings is 1. The standard InChI is InChI=1S/C24H36O3Si/c1-23(2)25-21-14-20-19-9-7-15-13-16(27-28(4,5)6)8-10-17(15)18(19)11-12-24(20,3)22(21)26-23/h8,10,13,18-22H,7,9,11-12,14H2,1-6H3/t18-,19-,20+,21+,22+,24+/m1/s1. The monoisotopic (exact) mass is 400 g/mol. The highest BCUT2D eigenvalue weighted by atomic mass is 28.4. The van der Waals surface area contributed by atoms with Crippen molar-refractivity contribution in [3.8, 4) is 5.75 Å². The molecule has 3 aliphatic carbocycles. The molecule has 1 saturated heterocycles. The van der Waals surface area contributed by atoms with Crippen molar-refractivity contribution in [2.45, 2.75) is 96.4 Å². The average Bonchev–Trinajstić information content (AvgIpc) is 3.03. The lowest BCUT2D eigenvalue weighted by Crippen LogP contribution is -2.45. The topological polar surface area (TPSA) is 27.7 Å². The molecule has 5 rings (SSSR count).